The molecule has 132 valence electrons. The summed E-state index contributed by atoms with van der Waals surface area (Å²) in [6, 6.07) is 16.5. The predicted octanol–water partition coefficient (Wildman–Crippen LogP) is 2.59. The minimum atomic E-state index is -0.202. The van der Waals surface area contributed by atoms with E-state index in [0.717, 1.165) is 37.6 Å². The molecule has 1 saturated heterocycles. The van der Waals surface area contributed by atoms with Gasteiger partial charge in [0.15, 0.2) is 5.82 Å². The van der Waals surface area contributed by atoms with Gasteiger partial charge in [-0.3, -0.25) is 0 Å². The Kier molecular flexibility index (Phi) is 4.59. The SMILES string of the molecule is Fc1ccc(N2CCN(/C=C\c3nnnn3-c3ccccc3)CC2)cc1. The van der Waals surface area contributed by atoms with Crippen LogP contribution in [0.4, 0.5) is 10.1 Å². The molecule has 0 radical (unpaired) electrons. The second-order valence-corrected chi connectivity index (χ2v) is 6.10. The molecule has 26 heavy (non-hydrogen) atoms. The number of rotatable bonds is 4. The molecule has 1 aliphatic heterocycles. The molecule has 0 N–H and O–H groups in total. The van der Waals surface area contributed by atoms with Gasteiger partial charge < -0.3 is 9.80 Å². The average molecular weight is 350 g/mol. The largest absolute Gasteiger partial charge is 0.374 e. The molecule has 2 heterocycles. The number of piperazine rings is 1. The summed E-state index contributed by atoms with van der Waals surface area (Å²) in [5, 5.41) is 11.9. The van der Waals surface area contributed by atoms with Crippen molar-refractivity contribution in [2.24, 2.45) is 0 Å². The van der Waals surface area contributed by atoms with Gasteiger partial charge >= 0.3 is 0 Å². The van der Waals surface area contributed by atoms with Crippen molar-refractivity contribution in [2.45, 2.75) is 0 Å². The summed E-state index contributed by atoms with van der Waals surface area (Å²) in [6.07, 6.45) is 3.97. The molecule has 0 saturated carbocycles. The number of hydrogen-bond acceptors (Lipinski definition) is 5. The Morgan fingerprint density at radius 3 is 2.31 bits per heavy atom. The molecule has 2 aromatic carbocycles. The molecule has 3 aromatic rings. The summed E-state index contributed by atoms with van der Waals surface area (Å²) >= 11 is 0. The Morgan fingerprint density at radius 1 is 0.846 bits per heavy atom. The molecule has 0 amide bonds. The van der Waals surface area contributed by atoms with Crippen LogP contribution in [0.25, 0.3) is 11.8 Å². The molecule has 6 nitrogen and oxygen atoms in total. The van der Waals surface area contributed by atoms with Gasteiger partial charge in [-0.1, -0.05) is 18.2 Å². The first-order chi connectivity index (χ1) is 12.8. The Hall–Kier alpha value is -3.22. The molecular formula is C19H19FN6. The highest BCUT2D eigenvalue weighted by Crippen LogP contribution is 2.17. The van der Waals surface area contributed by atoms with E-state index in [0.29, 0.717) is 5.82 Å². The van der Waals surface area contributed by atoms with Gasteiger partial charge in [0.25, 0.3) is 0 Å². The maximum atomic E-state index is 13.1. The summed E-state index contributed by atoms with van der Waals surface area (Å²) in [6.45, 7) is 3.56. The van der Waals surface area contributed by atoms with E-state index in [2.05, 4.69) is 25.3 Å². The number of tetrazole rings is 1. The van der Waals surface area contributed by atoms with Gasteiger partial charge in [0.05, 0.1) is 5.69 Å². The quantitative estimate of drug-likeness (QED) is 0.724. The third-order valence-electron chi connectivity index (χ3n) is 4.43. The predicted molar refractivity (Wildman–Crippen MR) is 98.4 cm³/mol. The Balaban J connectivity index is 1.39. The number of anilines is 1. The molecule has 1 aliphatic rings. The van der Waals surface area contributed by atoms with Gasteiger partial charge in [0.2, 0.25) is 0 Å². The summed E-state index contributed by atoms with van der Waals surface area (Å²) in [5.41, 5.74) is 1.99. The number of benzene rings is 2. The lowest BCUT2D eigenvalue weighted by atomic mass is 10.2. The highest BCUT2D eigenvalue weighted by molar-refractivity contribution is 5.47. The minimum Gasteiger partial charge on any atom is -0.374 e. The summed E-state index contributed by atoms with van der Waals surface area (Å²) in [4.78, 5) is 4.50. The zero-order chi connectivity index (χ0) is 17.8. The zero-order valence-corrected chi connectivity index (χ0v) is 14.2. The van der Waals surface area contributed by atoms with Crippen molar-refractivity contribution >= 4 is 11.8 Å². The first kappa shape index (κ1) is 16.3. The van der Waals surface area contributed by atoms with Crippen molar-refractivity contribution < 1.29 is 4.39 Å². The number of para-hydroxylation sites is 1. The summed E-state index contributed by atoms with van der Waals surface area (Å²) in [7, 11) is 0. The monoisotopic (exact) mass is 350 g/mol. The Morgan fingerprint density at radius 2 is 1.58 bits per heavy atom. The fourth-order valence-electron chi connectivity index (χ4n) is 3.00. The lowest BCUT2D eigenvalue weighted by molar-refractivity contribution is 0.351. The van der Waals surface area contributed by atoms with Crippen LogP contribution in [0.15, 0.2) is 60.8 Å². The second-order valence-electron chi connectivity index (χ2n) is 6.10. The second kappa shape index (κ2) is 7.35. The highest BCUT2D eigenvalue weighted by Gasteiger charge is 2.15. The molecule has 7 heteroatoms. The molecule has 1 aromatic heterocycles. The zero-order valence-electron chi connectivity index (χ0n) is 14.2. The van der Waals surface area contributed by atoms with Crippen molar-refractivity contribution in [2.75, 3.05) is 31.1 Å². The molecule has 1 fully saturated rings. The standard InChI is InChI=1S/C19H19FN6/c20-16-6-8-17(9-7-16)25-14-12-24(13-15-25)11-10-19-21-22-23-26(19)18-4-2-1-3-5-18/h1-11H,12-15H2/b11-10-. The first-order valence-corrected chi connectivity index (χ1v) is 8.56. The van der Waals surface area contributed by atoms with Crippen LogP contribution < -0.4 is 4.90 Å². The van der Waals surface area contributed by atoms with Crippen LogP contribution in [-0.2, 0) is 0 Å². The molecule has 0 bridgehead atoms. The summed E-state index contributed by atoms with van der Waals surface area (Å²) < 4.78 is 14.8. The van der Waals surface area contributed by atoms with E-state index in [9.17, 15) is 4.39 Å². The number of halogens is 1. The molecule has 0 unspecified atom stereocenters. The van der Waals surface area contributed by atoms with Crippen LogP contribution in [-0.4, -0.2) is 51.3 Å². The average Bonchev–Trinajstić information content (AvgIpc) is 3.17. The Labute approximate surface area is 151 Å². The maximum absolute atomic E-state index is 13.1. The Bertz CT molecular complexity index is 867. The van der Waals surface area contributed by atoms with E-state index in [-0.39, 0.29) is 5.82 Å². The van der Waals surface area contributed by atoms with E-state index >= 15 is 0 Å². The van der Waals surface area contributed by atoms with Gasteiger partial charge in [0.1, 0.15) is 5.82 Å². The van der Waals surface area contributed by atoms with Gasteiger partial charge in [-0.2, -0.15) is 4.68 Å². The van der Waals surface area contributed by atoms with Crippen LogP contribution in [0.2, 0.25) is 0 Å². The highest BCUT2D eigenvalue weighted by atomic mass is 19.1. The van der Waals surface area contributed by atoms with Gasteiger partial charge in [0, 0.05) is 44.1 Å². The fraction of sp³-hybridized carbons (Fsp3) is 0.211. The van der Waals surface area contributed by atoms with E-state index in [1.54, 1.807) is 4.68 Å². The van der Waals surface area contributed by atoms with E-state index in [1.165, 1.54) is 12.1 Å². The molecule has 0 aliphatic carbocycles. The van der Waals surface area contributed by atoms with E-state index < -0.39 is 0 Å². The van der Waals surface area contributed by atoms with E-state index in [4.69, 9.17) is 0 Å². The molecule has 4 rings (SSSR count). The normalized spacial score (nSPS) is 15.0. The lowest BCUT2D eigenvalue weighted by Crippen LogP contribution is -2.44. The van der Waals surface area contributed by atoms with Gasteiger partial charge in [-0.25, -0.2) is 4.39 Å². The van der Waals surface area contributed by atoms with Crippen molar-refractivity contribution in [1.82, 2.24) is 25.1 Å². The van der Waals surface area contributed by atoms with Crippen LogP contribution in [0.1, 0.15) is 5.82 Å². The van der Waals surface area contributed by atoms with Crippen molar-refractivity contribution in [3.63, 3.8) is 0 Å². The van der Waals surface area contributed by atoms with Gasteiger partial charge in [-0.15, -0.1) is 5.10 Å². The van der Waals surface area contributed by atoms with Crippen LogP contribution in [0, 0.1) is 5.82 Å². The van der Waals surface area contributed by atoms with E-state index in [1.807, 2.05) is 54.7 Å². The third kappa shape index (κ3) is 3.56. The molecular weight excluding hydrogens is 331 g/mol. The topological polar surface area (TPSA) is 50.1 Å². The van der Waals surface area contributed by atoms with Crippen molar-refractivity contribution in [3.8, 4) is 5.69 Å². The number of nitrogens with zero attached hydrogens (tertiary/aromatic N) is 6. The maximum Gasteiger partial charge on any atom is 0.181 e. The van der Waals surface area contributed by atoms with Crippen molar-refractivity contribution in [1.29, 1.82) is 0 Å². The lowest BCUT2D eigenvalue weighted by Gasteiger charge is -2.35. The molecule has 0 spiro atoms. The fourth-order valence-corrected chi connectivity index (χ4v) is 3.00. The van der Waals surface area contributed by atoms with Crippen LogP contribution in [0.5, 0.6) is 0 Å². The first-order valence-electron chi connectivity index (χ1n) is 8.56. The van der Waals surface area contributed by atoms with Gasteiger partial charge in [-0.05, 0) is 46.8 Å². The smallest absolute Gasteiger partial charge is 0.181 e. The van der Waals surface area contributed by atoms with Crippen molar-refractivity contribution in [3.05, 3.63) is 72.4 Å². The number of aromatic nitrogens is 4. The number of hydrogen-bond donors (Lipinski definition) is 0. The molecule has 0 atom stereocenters. The summed E-state index contributed by atoms with van der Waals surface area (Å²) in [5.74, 6) is 0.489. The third-order valence-corrected chi connectivity index (χ3v) is 4.43. The van der Waals surface area contributed by atoms with Crippen LogP contribution in [0.3, 0.4) is 0 Å². The minimum absolute atomic E-state index is 0.202. The van der Waals surface area contributed by atoms with Crippen LogP contribution >= 0.6 is 0 Å².